The van der Waals surface area contributed by atoms with E-state index in [0.29, 0.717) is 0 Å². The van der Waals surface area contributed by atoms with E-state index in [9.17, 15) is 0 Å². The molecule has 0 spiro atoms. The predicted octanol–water partition coefficient (Wildman–Crippen LogP) is 4.03. The summed E-state index contributed by atoms with van der Waals surface area (Å²) >= 11 is 5.19. The molecule has 2 rings (SSSR count). The fraction of sp³-hybridized carbons (Fsp3) is 0.267. The minimum absolute atomic E-state index is 0.0160. The van der Waals surface area contributed by atoms with Crippen LogP contribution >= 0.6 is 27.7 Å². The van der Waals surface area contributed by atoms with Crippen LogP contribution in [-0.2, 0) is 0 Å². The number of benzene rings is 1. The van der Waals surface area contributed by atoms with Gasteiger partial charge in [0, 0.05) is 16.7 Å². The van der Waals surface area contributed by atoms with Gasteiger partial charge in [0.05, 0.1) is 12.4 Å². The van der Waals surface area contributed by atoms with E-state index in [1.165, 1.54) is 5.56 Å². The van der Waals surface area contributed by atoms with Crippen molar-refractivity contribution in [1.82, 2.24) is 4.98 Å². The molecule has 0 radical (unpaired) electrons. The van der Waals surface area contributed by atoms with Gasteiger partial charge in [0.25, 0.3) is 0 Å². The number of pyridine rings is 1. The summed E-state index contributed by atoms with van der Waals surface area (Å²) in [5, 5.41) is 1.10. The normalized spacial score (nSPS) is 13.8. The lowest BCUT2D eigenvalue weighted by Gasteiger charge is -2.21. The lowest BCUT2D eigenvalue weighted by Crippen LogP contribution is -2.22. The van der Waals surface area contributed by atoms with E-state index >= 15 is 0 Å². The third-order valence-electron chi connectivity index (χ3n) is 2.89. The van der Waals surface area contributed by atoms with Crippen molar-refractivity contribution in [2.45, 2.75) is 23.2 Å². The van der Waals surface area contributed by atoms with Crippen molar-refractivity contribution in [3.63, 3.8) is 0 Å². The third-order valence-corrected chi connectivity index (χ3v) is 5.29. The van der Waals surface area contributed by atoms with E-state index in [1.807, 2.05) is 31.2 Å². The minimum atomic E-state index is 0.0160. The zero-order valence-electron chi connectivity index (χ0n) is 11.4. The Morgan fingerprint density at radius 1 is 1.25 bits per heavy atom. The Hall–Kier alpha value is -1.04. The largest absolute Gasteiger partial charge is 0.497 e. The minimum Gasteiger partial charge on any atom is -0.497 e. The highest BCUT2D eigenvalue weighted by Gasteiger charge is 2.19. The molecule has 106 valence electrons. The van der Waals surface area contributed by atoms with Crippen LogP contribution in [0.15, 0.2) is 52.1 Å². The Labute approximate surface area is 132 Å². The molecule has 20 heavy (non-hydrogen) atoms. The van der Waals surface area contributed by atoms with Gasteiger partial charge in [-0.2, -0.15) is 0 Å². The highest BCUT2D eigenvalue weighted by atomic mass is 79.9. The summed E-state index contributed by atoms with van der Waals surface area (Å²) in [6.07, 6.45) is 1.79. The molecule has 1 aromatic carbocycles. The Morgan fingerprint density at radius 2 is 1.95 bits per heavy atom. The second-order valence-electron chi connectivity index (χ2n) is 4.46. The highest BCUT2D eigenvalue weighted by Crippen LogP contribution is 2.39. The number of ether oxygens (including phenoxy) is 1. The van der Waals surface area contributed by atoms with Gasteiger partial charge in [-0.05, 0) is 52.7 Å². The van der Waals surface area contributed by atoms with Crippen LogP contribution < -0.4 is 10.5 Å². The van der Waals surface area contributed by atoms with Gasteiger partial charge in [-0.3, -0.25) is 0 Å². The summed E-state index contributed by atoms with van der Waals surface area (Å²) in [6.45, 7) is 2.01. The molecular formula is C15H17BrN2OS. The summed E-state index contributed by atoms with van der Waals surface area (Å²) in [4.78, 5) is 4.40. The summed E-state index contributed by atoms with van der Waals surface area (Å²) in [7, 11) is 1.66. The van der Waals surface area contributed by atoms with Crippen molar-refractivity contribution in [3.05, 3.63) is 52.6 Å². The molecule has 0 aliphatic carbocycles. The van der Waals surface area contributed by atoms with E-state index in [4.69, 9.17) is 10.5 Å². The lowest BCUT2D eigenvalue weighted by atomic mass is 10.1. The Bertz CT molecular complexity index is 560. The van der Waals surface area contributed by atoms with Gasteiger partial charge in [0.15, 0.2) is 0 Å². The number of nitrogens with two attached hydrogens (primary N) is 1. The van der Waals surface area contributed by atoms with Gasteiger partial charge in [-0.15, -0.1) is 0 Å². The average molecular weight is 353 g/mol. The topological polar surface area (TPSA) is 48.1 Å². The van der Waals surface area contributed by atoms with Crippen LogP contribution in [-0.4, -0.2) is 18.1 Å². The fourth-order valence-electron chi connectivity index (χ4n) is 1.85. The maximum Gasteiger partial charge on any atom is 0.118 e. The maximum absolute atomic E-state index is 6.14. The first-order chi connectivity index (χ1) is 9.61. The van der Waals surface area contributed by atoms with Crippen molar-refractivity contribution in [3.8, 4) is 5.75 Å². The molecule has 2 unspecified atom stereocenters. The zero-order valence-corrected chi connectivity index (χ0v) is 13.8. The molecule has 0 fully saturated rings. The molecule has 1 aromatic heterocycles. The van der Waals surface area contributed by atoms with Crippen LogP contribution in [0.25, 0.3) is 0 Å². The quantitative estimate of drug-likeness (QED) is 0.825. The van der Waals surface area contributed by atoms with E-state index < -0.39 is 0 Å². The van der Waals surface area contributed by atoms with E-state index in [-0.39, 0.29) is 11.3 Å². The molecule has 0 bridgehead atoms. The van der Waals surface area contributed by atoms with Crippen LogP contribution in [0.5, 0.6) is 5.75 Å². The number of methoxy groups -OCH3 is 1. The molecule has 2 atom stereocenters. The van der Waals surface area contributed by atoms with E-state index in [1.54, 1.807) is 25.1 Å². The van der Waals surface area contributed by atoms with E-state index in [2.05, 4.69) is 33.0 Å². The summed E-state index contributed by atoms with van der Waals surface area (Å²) in [5.74, 6) is 0.848. The molecule has 0 aliphatic heterocycles. The molecule has 2 N–H and O–H groups in total. The third kappa shape index (κ3) is 3.75. The first-order valence-electron chi connectivity index (χ1n) is 6.28. The highest BCUT2D eigenvalue weighted by molar-refractivity contribution is 9.10. The standard InChI is InChI=1S/C15H17BrN2OS/c1-10(17)14(11-5-7-12(19-2)8-6-11)20-15-13(16)4-3-9-18-15/h3-10,14H,17H2,1-2H3. The molecule has 0 amide bonds. The second-order valence-corrected chi connectivity index (χ2v) is 6.45. The maximum atomic E-state index is 6.14. The monoisotopic (exact) mass is 352 g/mol. The number of hydrogen-bond donors (Lipinski definition) is 1. The van der Waals surface area contributed by atoms with Crippen molar-refractivity contribution < 1.29 is 4.74 Å². The predicted molar refractivity (Wildman–Crippen MR) is 87.2 cm³/mol. The zero-order chi connectivity index (χ0) is 14.5. The number of aromatic nitrogens is 1. The fourth-order valence-corrected chi connectivity index (χ4v) is 3.44. The molecule has 0 aliphatic rings. The van der Waals surface area contributed by atoms with Gasteiger partial charge < -0.3 is 10.5 Å². The number of nitrogens with zero attached hydrogens (tertiary/aromatic N) is 1. The molecule has 0 saturated heterocycles. The summed E-state index contributed by atoms with van der Waals surface area (Å²) in [5.41, 5.74) is 7.31. The van der Waals surface area contributed by atoms with Gasteiger partial charge in [-0.1, -0.05) is 23.9 Å². The van der Waals surface area contributed by atoms with Crippen LogP contribution in [0.2, 0.25) is 0 Å². The second kappa shape index (κ2) is 7.11. The Balaban J connectivity index is 2.25. The number of hydrogen-bond acceptors (Lipinski definition) is 4. The van der Waals surface area contributed by atoms with Crippen LogP contribution in [0.1, 0.15) is 17.7 Å². The SMILES string of the molecule is COc1ccc(C(Sc2ncccc2Br)C(C)N)cc1. The lowest BCUT2D eigenvalue weighted by molar-refractivity contribution is 0.414. The Morgan fingerprint density at radius 3 is 2.50 bits per heavy atom. The summed E-state index contributed by atoms with van der Waals surface area (Å²) < 4.78 is 6.18. The van der Waals surface area contributed by atoms with Gasteiger partial charge >= 0.3 is 0 Å². The van der Waals surface area contributed by atoms with Crippen LogP contribution in [0.3, 0.4) is 0 Å². The van der Waals surface area contributed by atoms with Crippen LogP contribution in [0, 0.1) is 0 Å². The molecule has 2 aromatic rings. The molecule has 1 heterocycles. The smallest absolute Gasteiger partial charge is 0.118 e. The van der Waals surface area contributed by atoms with Crippen molar-refractivity contribution in [1.29, 1.82) is 0 Å². The van der Waals surface area contributed by atoms with E-state index in [0.717, 1.165) is 15.2 Å². The Kier molecular flexibility index (Phi) is 5.46. The van der Waals surface area contributed by atoms with Gasteiger partial charge in [-0.25, -0.2) is 4.98 Å². The molecule has 3 nitrogen and oxygen atoms in total. The van der Waals surface area contributed by atoms with Crippen molar-refractivity contribution >= 4 is 27.7 Å². The molecular weight excluding hydrogens is 336 g/mol. The summed E-state index contributed by atoms with van der Waals surface area (Å²) in [6, 6.07) is 11.9. The number of rotatable bonds is 5. The average Bonchev–Trinajstić information content (AvgIpc) is 2.46. The number of halogens is 1. The van der Waals surface area contributed by atoms with Crippen molar-refractivity contribution in [2.24, 2.45) is 5.73 Å². The van der Waals surface area contributed by atoms with Crippen molar-refractivity contribution in [2.75, 3.05) is 7.11 Å². The first-order valence-corrected chi connectivity index (χ1v) is 7.96. The van der Waals surface area contributed by atoms with Crippen LogP contribution in [0.4, 0.5) is 0 Å². The first kappa shape index (κ1) is 15.4. The number of thioether (sulfide) groups is 1. The van der Waals surface area contributed by atoms with Gasteiger partial charge in [0.1, 0.15) is 10.8 Å². The molecule has 5 heteroatoms. The van der Waals surface area contributed by atoms with Gasteiger partial charge in [0.2, 0.25) is 0 Å². The molecule has 0 saturated carbocycles.